The largest absolute Gasteiger partial charge is 0.423 e. The molecule has 0 spiro atoms. The molecule has 4 aromatic rings. The van der Waals surface area contributed by atoms with Gasteiger partial charge in [-0.25, -0.2) is 9.97 Å². The average Bonchev–Trinajstić information content (AvgIpc) is 3.30. The number of benzene rings is 1. The molecule has 3 heterocycles. The Balaban J connectivity index is 1.41. The number of carbonyl (C=O) groups excluding carboxylic acids is 1. The lowest BCUT2D eigenvalue weighted by atomic mass is 10.2. The van der Waals surface area contributed by atoms with Crippen LogP contribution < -0.4 is 10.6 Å². The van der Waals surface area contributed by atoms with Gasteiger partial charge in [-0.05, 0) is 36.9 Å². The van der Waals surface area contributed by atoms with E-state index in [9.17, 15) is 4.79 Å². The number of aromatic nitrogens is 3. The summed E-state index contributed by atoms with van der Waals surface area (Å²) in [6.07, 6.45) is 2.31. The zero-order valence-electron chi connectivity index (χ0n) is 14.6. The highest BCUT2D eigenvalue weighted by Gasteiger charge is 2.13. The van der Waals surface area contributed by atoms with Crippen molar-refractivity contribution in [3.05, 3.63) is 64.1 Å². The molecule has 8 heteroatoms. The highest BCUT2D eigenvalue weighted by Crippen LogP contribution is 2.20. The maximum absolute atomic E-state index is 12.3. The van der Waals surface area contributed by atoms with Crippen molar-refractivity contribution in [1.29, 1.82) is 0 Å². The van der Waals surface area contributed by atoms with Crippen molar-refractivity contribution in [3.63, 3.8) is 0 Å². The number of nitrogens with one attached hydrogen (secondary N) is 2. The third kappa shape index (κ3) is 3.95. The van der Waals surface area contributed by atoms with E-state index >= 15 is 0 Å². The van der Waals surface area contributed by atoms with Gasteiger partial charge in [0.25, 0.3) is 5.91 Å². The van der Waals surface area contributed by atoms with Crippen LogP contribution in [0.25, 0.3) is 11.1 Å². The first-order chi connectivity index (χ1) is 13.2. The number of hydrogen-bond acceptors (Lipinski definition) is 7. The molecule has 0 fully saturated rings. The molecule has 27 heavy (non-hydrogen) atoms. The average molecular weight is 379 g/mol. The molecule has 136 valence electrons. The van der Waals surface area contributed by atoms with Crippen LogP contribution in [0, 0.1) is 6.92 Å². The molecule has 1 aromatic carbocycles. The molecule has 0 atom stereocenters. The number of rotatable bonds is 6. The third-order valence-electron chi connectivity index (χ3n) is 3.97. The molecule has 0 saturated heterocycles. The Kier molecular flexibility index (Phi) is 4.80. The van der Waals surface area contributed by atoms with E-state index in [0.29, 0.717) is 35.3 Å². The van der Waals surface area contributed by atoms with Crippen molar-refractivity contribution in [2.45, 2.75) is 13.3 Å². The fourth-order valence-electron chi connectivity index (χ4n) is 2.62. The van der Waals surface area contributed by atoms with E-state index in [1.54, 1.807) is 18.3 Å². The molecule has 0 radical (unpaired) electrons. The Morgan fingerprint density at radius 3 is 2.85 bits per heavy atom. The van der Waals surface area contributed by atoms with Gasteiger partial charge in [0.1, 0.15) is 5.52 Å². The summed E-state index contributed by atoms with van der Waals surface area (Å²) in [5.41, 5.74) is 2.46. The Morgan fingerprint density at radius 1 is 1.19 bits per heavy atom. The zero-order valence-corrected chi connectivity index (χ0v) is 15.4. The zero-order chi connectivity index (χ0) is 18.6. The Bertz CT molecular complexity index is 1040. The number of fused-ring (bicyclic) bond motifs is 1. The number of hydrogen-bond donors (Lipinski definition) is 2. The van der Waals surface area contributed by atoms with Crippen LogP contribution in [-0.2, 0) is 6.42 Å². The molecular formula is C19H17N5O2S. The minimum absolute atomic E-state index is 0.183. The topological polar surface area (TPSA) is 92.9 Å². The lowest BCUT2D eigenvalue weighted by molar-refractivity contribution is 0.0953. The number of amides is 1. The van der Waals surface area contributed by atoms with Crippen LogP contribution in [0.2, 0.25) is 0 Å². The number of aryl methyl sites for hydroxylation is 1. The Morgan fingerprint density at radius 2 is 2.07 bits per heavy atom. The fraction of sp³-hybridized carbons (Fsp3) is 0.158. The summed E-state index contributed by atoms with van der Waals surface area (Å²) in [4.78, 5) is 26.4. The Labute approximate surface area is 159 Å². The fourth-order valence-corrected chi connectivity index (χ4v) is 3.33. The second-order valence-electron chi connectivity index (χ2n) is 5.89. The van der Waals surface area contributed by atoms with Gasteiger partial charge in [0, 0.05) is 17.6 Å². The van der Waals surface area contributed by atoms with Crippen LogP contribution >= 0.6 is 11.3 Å². The maximum atomic E-state index is 12.3. The van der Waals surface area contributed by atoms with E-state index in [1.807, 2.05) is 35.7 Å². The highest BCUT2D eigenvalue weighted by molar-refractivity contribution is 7.09. The first-order valence-corrected chi connectivity index (χ1v) is 9.34. The van der Waals surface area contributed by atoms with Crippen molar-refractivity contribution >= 4 is 40.3 Å². The van der Waals surface area contributed by atoms with Gasteiger partial charge < -0.3 is 9.73 Å². The first kappa shape index (κ1) is 17.2. The lowest BCUT2D eigenvalue weighted by Crippen LogP contribution is -2.26. The molecule has 0 aliphatic rings. The van der Waals surface area contributed by atoms with Crippen LogP contribution in [0.4, 0.5) is 12.0 Å². The molecule has 3 aromatic heterocycles. The normalized spacial score (nSPS) is 10.9. The van der Waals surface area contributed by atoms with Gasteiger partial charge >= 0.3 is 6.01 Å². The SMILES string of the molecule is Cc1nc(Nc2nc3ccccc3o2)ncc1C(=O)NCCc1cccs1. The molecule has 4 rings (SSSR count). The first-order valence-electron chi connectivity index (χ1n) is 8.46. The monoisotopic (exact) mass is 379 g/mol. The van der Waals surface area contributed by atoms with Gasteiger partial charge in [-0.1, -0.05) is 18.2 Å². The van der Waals surface area contributed by atoms with E-state index in [2.05, 4.69) is 31.7 Å². The molecule has 7 nitrogen and oxygen atoms in total. The number of oxazole rings is 1. The maximum Gasteiger partial charge on any atom is 0.302 e. The molecule has 1 amide bonds. The van der Waals surface area contributed by atoms with Crippen LogP contribution in [0.1, 0.15) is 20.9 Å². The minimum Gasteiger partial charge on any atom is -0.423 e. The number of nitrogens with zero attached hydrogens (tertiary/aromatic N) is 3. The summed E-state index contributed by atoms with van der Waals surface area (Å²) >= 11 is 1.68. The summed E-state index contributed by atoms with van der Waals surface area (Å²) in [5.74, 6) is 0.145. The minimum atomic E-state index is -0.183. The number of carbonyl (C=O) groups is 1. The lowest BCUT2D eigenvalue weighted by Gasteiger charge is -2.08. The van der Waals surface area contributed by atoms with Crippen molar-refractivity contribution < 1.29 is 9.21 Å². The van der Waals surface area contributed by atoms with E-state index in [1.165, 1.54) is 11.1 Å². The number of thiophene rings is 1. The van der Waals surface area contributed by atoms with Gasteiger partial charge in [0.15, 0.2) is 5.58 Å². The van der Waals surface area contributed by atoms with Crippen molar-refractivity contribution in [3.8, 4) is 0 Å². The van der Waals surface area contributed by atoms with Crippen LogP contribution in [0.3, 0.4) is 0 Å². The van der Waals surface area contributed by atoms with Gasteiger partial charge in [-0.2, -0.15) is 4.98 Å². The number of para-hydroxylation sites is 2. The third-order valence-corrected chi connectivity index (χ3v) is 4.91. The van der Waals surface area contributed by atoms with Gasteiger partial charge in [-0.15, -0.1) is 11.3 Å². The van der Waals surface area contributed by atoms with Crippen molar-refractivity contribution in [2.75, 3.05) is 11.9 Å². The summed E-state index contributed by atoms with van der Waals surface area (Å²) < 4.78 is 5.60. The smallest absolute Gasteiger partial charge is 0.302 e. The van der Waals surface area contributed by atoms with E-state index in [4.69, 9.17) is 4.42 Å². The predicted octanol–water partition coefficient (Wildman–Crippen LogP) is 3.70. The second kappa shape index (κ2) is 7.55. The summed E-state index contributed by atoms with van der Waals surface area (Å²) in [5, 5.41) is 7.86. The van der Waals surface area contributed by atoms with Crippen molar-refractivity contribution in [2.24, 2.45) is 0 Å². The van der Waals surface area contributed by atoms with Crippen LogP contribution in [0.15, 0.2) is 52.4 Å². The summed E-state index contributed by atoms with van der Waals surface area (Å²) in [7, 11) is 0. The molecule has 2 N–H and O–H groups in total. The summed E-state index contributed by atoms with van der Waals surface area (Å²) in [6, 6.07) is 11.8. The molecule has 0 aliphatic heterocycles. The van der Waals surface area contributed by atoms with Gasteiger partial charge in [-0.3, -0.25) is 10.1 Å². The van der Waals surface area contributed by atoms with Crippen molar-refractivity contribution in [1.82, 2.24) is 20.3 Å². The Hall–Kier alpha value is -3.26. The van der Waals surface area contributed by atoms with Gasteiger partial charge in [0.05, 0.1) is 11.3 Å². The highest BCUT2D eigenvalue weighted by atomic mass is 32.1. The summed E-state index contributed by atoms with van der Waals surface area (Å²) in [6.45, 7) is 2.34. The standard InChI is InChI=1S/C19H17N5O2S/c1-12-14(17(25)20-9-8-13-5-4-10-27-13)11-21-18(22-12)24-19-23-15-6-2-3-7-16(15)26-19/h2-7,10-11H,8-9H2,1H3,(H,20,25)(H,21,22,23,24). The molecule has 0 bridgehead atoms. The van der Waals surface area contributed by atoms with Crippen LogP contribution in [-0.4, -0.2) is 27.4 Å². The molecule has 0 aliphatic carbocycles. The quantitative estimate of drug-likeness (QED) is 0.531. The second-order valence-corrected chi connectivity index (χ2v) is 6.92. The van der Waals surface area contributed by atoms with E-state index in [0.717, 1.165) is 11.9 Å². The number of anilines is 2. The predicted molar refractivity (Wildman–Crippen MR) is 104 cm³/mol. The van der Waals surface area contributed by atoms with E-state index in [-0.39, 0.29) is 5.91 Å². The van der Waals surface area contributed by atoms with Gasteiger partial charge in [0.2, 0.25) is 5.95 Å². The molecule has 0 unspecified atom stereocenters. The molecule has 0 saturated carbocycles. The molecular weight excluding hydrogens is 362 g/mol. The van der Waals surface area contributed by atoms with Crippen LogP contribution in [0.5, 0.6) is 0 Å². The van der Waals surface area contributed by atoms with E-state index < -0.39 is 0 Å².